The van der Waals surface area contributed by atoms with Crippen molar-refractivity contribution in [2.24, 2.45) is 11.1 Å². The van der Waals surface area contributed by atoms with Gasteiger partial charge in [-0.3, -0.25) is 0 Å². The van der Waals surface area contributed by atoms with Crippen molar-refractivity contribution in [3.63, 3.8) is 0 Å². The van der Waals surface area contributed by atoms with Gasteiger partial charge in [0.15, 0.2) is 0 Å². The first kappa shape index (κ1) is 12.4. The Balaban J connectivity index is 2.23. The van der Waals surface area contributed by atoms with Crippen molar-refractivity contribution >= 4 is 5.69 Å². The van der Waals surface area contributed by atoms with Gasteiger partial charge >= 0.3 is 0 Å². The van der Waals surface area contributed by atoms with Crippen molar-refractivity contribution < 1.29 is 0 Å². The average Bonchev–Trinajstić information content (AvgIpc) is 2.32. The van der Waals surface area contributed by atoms with Crippen molar-refractivity contribution in [2.45, 2.75) is 39.7 Å². The molecule has 0 saturated carbocycles. The highest BCUT2D eigenvalue weighted by molar-refractivity contribution is 5.54. The van der Waals surface area contributed by atoms with Crippen molar-refractivity contribution in [1.82, 2.24) is 0 Å². The number of nitrogens with zero attached hydrogens (tertiary/aromatic N) is 1. The molecule has 0 aromatic heterocycles. The topological polar surface area (TPSA) is 29.3 Å². The second-order valence-electron chi connectivity index (χ2n) is 5.79. The van der Waals surface area contributed by atoms with Crippen LogP contribution >= 0.6 is 0 Å². The first-order valence-electron chi connectivity index (χ1n) is 6.63. The molecule has 1 unspecified atom stereocenters. The molecule has 17 heavy (non-hydrogen) atoms. The minimum absolute atomic E-state index is 0.207. The summed E-state index contributed by atoms with van der Waals surface area (Å²) < 4.78 is 0. The van der Waals surface area contributed by atoms with Crippen molar-refractivity contribution in [3.05, 3.63) is 29.8 Å². The molecule has 1 atom stereocenters. The van der Waals surface area contributed by atoms with Crippen LogP contribution in [0.3, 0.4) is 0 Å². The fourth-order valence-corrected chi connectivity index (χ4v) is 2.70. The van der Waals surface area contributed by atoms with Gasteiger partial charge in [-0.05, 0) is 29.9 Å². The summed E-state index contributed by atoms with van der Waals surface area (Å²) in [6, 6.07) is 9.06. The molecule has 0 radical (unpaired) electrons. The van der Waals surface area contributed by atoms with E-state index in [1.165, 1.54) is 11.3 Å². The third kappa shape index (κ3) is 2.47. The second-order valence-corrected chi connectivity index (χ2v) is 5.79. The first-order chi connectivity index (χ1) is 8.04. The van der Waals surface area contributed by atoms with Crippen molar-refractivity contribution in [2.75, 3.05) is 18.0 Å². The predicted octanol–water partition coefficient (Wildman–Crippen LogP) is 2.81. The molecule has 0 amide bonds. The van der Waals surface area contributed by atoms with E-state index in [2.05, 4.69) is 49.9 Å². The number of hydrogen-bond donors (Lipinski definition) is 1. The summed E-state index contributed by atoms with van der Waals surface area (Å²) in [6.07, 6.45) is 2.18. The number of piperidine rings is 1. The molecule has 2 nitrogen and oxygen atoms in total. The van der Waals surface area contributed by atoms with Gasteiger partial charge in [0.1, 0.15) is 0 Å². The van der Waals surface area contributed by atoms with E-state index in [4.69, 9.17) is 5.73 Å². The van der Waals surface area contributed by atoms with E-state index in [-0.39, 0.29) is 5.41 Å². The Bertz CT molecular complexity index is 384. The third-order valence-corrected chi connectivity index (χ3v) is 4.03. The minimum atomic E-state index is 0.207. The lowest BCUT2D eigenvalue weighted by Gasteiger charge is -2.44. The molecule has 1 aliphatic rings. The Labute approximate surface area is 105 Å². The molecule has 1 saturated heterocycles. The number of benzene rings is 1. The largest absolute Gasteiger partial charge is 0.371 e. The van der Waals surface area contributed by atoms with Gasteiger partial charge in [0.05, 0.1) is 0 Å². The van der Waals surface area contributed by atoms with Crippen LogP contribution in [0.25, 0.3) is 0 Å². The van der Waals surface area contributed by atoms with Crippen LogP contribution in [0, 0.1) is 5.41 Å². The molecule has 1 aliphatic heterocycles. The summed E-state index contributed by atoms with van der Waals surface area (Å²) in [5.74, 6) is 0. The summed E-state index contributed by atoms with van der Waals surface area (Å²) >= 11 is 0. The Hall–Kier alpha value is -1.02. The molecular weight excluding hydrogens is 208 g/mol. The summed E-state index contributed by atoms with van der Waals surface area (Å²) in [7, 11) is 0. The SMILES string of the molecule is CCc1ccccc1N1CCC(N)C(C)(C)C1. The van der Waals surface area contributed by atoms with Crippen LogP contribution < -0.4 is 10.6 Å². The van der Waals surface area contributed by atoms with E-state index in [0.29, 0.717) is 6.04 Å². The zero-order valence-corrected chi connectivity index (χ0v) is 11.2. The van der Waals surface area contributed by atoms with Crippen LogP contribution in [-0.2, 0) is 6.42 Å². The van der Waals surface area contributed by atoms with Gasteiger partial charge in [-0.1, -0.05) is 39.0 Å². The fraction of sp³-hybridized carbons (Fsp3) is 0.600. The smallest absolute Gasteiger partial charge is 0.0398 e. The summed E-state index contributed by atoms with van der Waals surface area (Å²) in [5.41, 5.74) is 9.25. The summed E-state index contributed by atoms with van der Waals surface area (Å²) in [5, 5.41) is 0. The normalized spacial score (nSPS) is 23.8. The molecule has 0 spiro atoms. The molecule has 1 aromatic rings. The van der Waals surface area contributed by atoms with Crippen molar-refractivity contribution in [1.29, 1.82) is 0 Å². The number of nitrogens with two attached hydrogens (primary N) is 1. The van der Waals surface area contributed by atoms with E-state index in [9.17, 15) is 0 Å². The number of aryl methyl sites for hydroxylation is 1. The highest BCUT2D eigenvalue weighted by atomic mass is 15.2. The van der Waals surface area contributed by atoms with Gasteiger partial charge in [-0.25, -0.2) is 0 Å². The molecule has 2 N–H and O–H groups in total. The van der Waals surface area contributed by atoms with E-state index >= 15 is 0 Å². The van der Waals surface area contributed by atoms with E-state index in [0.717, 1.165) is 25.9 Å². The maximum Gasteiger partial charge on any atom is 0.0398 e. The molecule has 1 heterocycles. The highest BCUT2D eigenvalue weighted by Gasteiger charge is 2.33. The van der Waals surface area contributed by atoms with Crippen LogP contribution in [0.4, 0.5) is 5.69 Å². The van der Waals surface area contributed by atoms with Gasteiger partial charge in [-0.2, -0.15) is 0 Å². The number of hydrogen-bond acceptors (Lipinski definition) is 2. The first-order valence-corrected chi connectivity index (χ1v) is 6.63. The van der Waals surface area contributed by atoms with Crippen LogP contribution in [0.15, 0.2) is 24.3 Å². The molecule has 2 rings (SSSR count). The summed E-state index contributed by atoms with van der Waals surface area (Å²) in [4.78, 5) is 2.50. The zero-order chi connectivity index (χ0) is 12.5. The Kier molecular flexibility index (Phi) is 3.43. The lowest BCUT2D eigenvalue weighted by atomic mass is 9.79. The van der Waals surface area contributed by atoms with E-state index in [1.807, 2.05) is 0 Å². The Morgan fingerprint density at radius 3 is 2.71 bits per heavy atom. The maximum atomic E-state index is 6.20. The van der Waals surface area contributed by atoms with Crippen LogP contribution in [-0.4, -0.2) is 19.1 Å². The van der Waals surface area contributed by atoms with Crippen LogP contribution in [0.2, 0.25) is 0 Å². The van der Waals surface area contributed by atoms with Crippen molar-refractivity contribution in [3.8, 4) is 0 Å². The highest BCUT2D eigenvalue weighted by Crippen LogP contribution is 2.32. The number of rotatable bonds is 2. The van der Waals surface area contributed by atoms with Crippen LogP contribution in [0.1, 0.15) is 32.8 Å². The third-order valence-electron chi connectivity index (χ3n) is 4.03. The minimum Gasteiger partial charge on any atom is -0.371 e. The molecule has 1 fully saturated rings. The van der Waals surface area contributed by atoms with Gasteiger partial charge < -0.3 is 10.6 Å². The quantitative estimate of drug-likeness (QED) is 0.849. The summed E-state index contributed by atoms with van der Waals surface area (Å²) in [6.45, 7) is 8.92. The zero-order valence-electron chi connectivity index (χ0n) is 11.2. The Morgan fingerprint density at radius 2 is 2.06 bits per heavy atom. The van der Waals surface area contributed by atoms with Gasteiger partial charge in [0, 0.05) is 24.8 Å². The van der Waals surface area contributed by atoms with Gasteiger partial charge in [0.25, 0.3) is 0 Å². The lowest BCUT2D eigenvalue weighted by molar-refractivity contribution is 0.245. The monoisotopic (exact) mass is 232 g/mol. The second kappa shape index (κ2) is 4.69. The average molecular weight is 232 g/mol. The Morgan fingerprint density at radius 1 is 1.35 bits per heavy atom. The van der Waals surface area contributed by atoms with Gasteiger partial charge in [0.2, 0.25) is 0 Å². The molecule has 1 aromatic carbocycles. The molecular formula is C15H24N2. The molecule has 0 bridgehead atoms. The van der Waals surface area contributed by atoms with E-state index < -0.39 is 0 Å². The van der Waals surface area contributed by atoms with E-state index in [1.54, 1.807) is 0 Å². The number of anilines is 1. The number of para-hydroxylation sites is 1. The molecule has 2 heteroatoms. The van der Waals surface area contributed by atoms with Crippen LogP contribution in [0.5, 0.6) is 0 Å². The standard InChI is InChI=1S/C15H24N2/c1-4-12-7-5-6-8-13(12)17-10-9-14(16)15(2,3)11-17/h5-8,14H,4,9-11,16H2,1-3H3. The predicted molar refractivity (Wildman–Crippen MR) is 74.4 cm³/mol. The fourth-order valence-electron chi connectivity index (χ4n) is 2.70. The molecule has 94 valence electrons. The van der Waals surface area contributed by atoms with Gasteiger partial charge in [-0.15, -0.1) is 0 Å². The molecule has 0 aliphatic carbocycles. The maximum absolute atomic E-state index is 6.20. The lowest BCUT2D eigenvalue weighted by Crippen LogP contribution is -2.52.